The van der Waals surface area contributed by atoms with Crippen molar-refractivity contribution in [3.63, 3.8) is 0 Å². The summed E-state index contributed by atoms with van der Waals surface area (Å²) in [5.41, 5.74) is 7.34. The molecule has 0 amide bonds. The monoisotopic (exact) mass is 291 g/mol. The van der Waals surface area contributed by atoms with E-state index in [0.29, 0.717) is 12.5 Å². The lowest BCUT2D eigenvalue weighted by atomic mass is 9.86. The van der Waals surface area contributed by atoms with Gasteiger partial charge in [0.05, 0.1) is 13.2 Å². The van der Waals surface area contributed by atoms with Gasteiger partial charge in [0.25, 0.3) is 0 Å². The van der Waals surface area contributed by atoms with Crippen molar-refractivity contribution in [1.82, 2.24) is 0 Å². The topological polar surface area (TPSA) is 55.5 Å². The Morgan fingerprint density at radius 3 is 2.52 bits per heavy atom. The lowest BCUT2D eigenvalue weighted by molar-refractivity contribution is 0.143. The number of nitrogens with two attached hydrogens (primary N) is 1. The van der Waals surface area contributed by atoms with E-state index in [9.17, 15) is 5.11 Å². The van der Waals surface area contributed by atoms with Crippen LogP contribution in [0.15, 0.2) is 24.3 Å². The maximum atomic E-state index is 9.45. The van der Waals surface area contributed by atoms with E-state index in [0.717, 1.165) is 31.4 Å². The fourth-order valence-corrected chi connectivity index (χ4v) is 3.18. The Balaban J connectivity index is 1.84. The molecule has 1 aliphatic carbocycles. The first-order valence-corrected chi connectivity index (χ1v) is 7.98. The molecule has 2 rings (SSSR count). The number of rotatable bonds is 5. The van der Waals surface area contributed by atoms with Gasteiger partial charge in [-0.05, 0) is 48.3 Å². The first-order valence-electron chi connectivity index (χ1n) is 7.98. The van der Waals surface area contributed by atoms with Crippen molar-refractivity contribution < 1.29 is 9.84 Å². The van der Waals surface area contributed by atoms with Gasteiger partial charge >= 0.3 is 0 Å². The van der Waals surface area contributed by atoms with E-state index >= 15 is 0 Å². The van der Waals surface area contributed by atoms with Crippen molar-refractivity contribution in [2.45, 2.75) is 57.4 Å². The quantitative estimate of drug-likeness (QED) is 0.875. The molecule has 1 saturated carbocycles. The van der Waals surface area contributed by atoms with E-state index in [4.69, 9.17) is 10.5 Å². The van der Waals surface area contributed by atoms with Gasteiger partial charge in [0.15, 0.2) is 0 Å². The molecule has 1 fully saturated rings. The number of aliphatic hydroxyl groups excluding tert-OH is 1. The Hall–Kier alpha value is -1.06. The summed E-state index contributed by atoms with van der Waals surface area (Å²) in [5, 5.41) is 9.45. The molecule has 0 saturated heterocycles. The van der Waals surface area contributed by atoms with E-state index in [2.05, 4.69) is 32.9 Å². The van der Waals surface area contributed by atoms with E-state index in [1.807, 2.05) is 12.1 Å². The van der Waals surface area contributed by atoms with Crippen LogP contribution in [0.1, 0.15) is 52.0 Å². The second kappa shape index (κ2) is 6.37. The maximum absolute atomic E-state index is 9.45. The molecule has 3 heteroatoms. The lowest BCUT2D eigenvalue weighted by Gasteiger charge is -2.29. The number of ether oxygens (including phenoxy) is 1. The van der Waals surface area contributed by atoms with Gasteiger partial charge in [-0.3, -0.25) is 0 Å². The molecular formula is C18H29NO2. The summed E-state index contributed by atoms with van der Waals surface area (Å²) < 4.78 is 5.84. The van der Waals surface area contributed by atoms with Gasteiger partial charge in [-0.2, -0.15) is 0 Å². The first-order chi connectivity index (χ1) is 9.85. The van der Waals surface area contributed by atoms with Crippen LogP contribution in [-0.2, 0) is 5.41 Å². The van der Waals surface area contributed by atoms with Crippen molar-refractivity contribution in [1.29, 1.82) is 0 Å². The van der Waals surface area contributed by atoms with Crippen LogP contribution in [0.2, 0.25) is 0 Å². The average Bonchev–Trinajstić information content (AvgIpc) is 2.81. The van der Waals surface area contributed by atoms with Crippen molar-refractivity contribution in [2.75, 3.05) is 13.2 Å². The van der Waals surface area contributed by atoms with Crippen molar-refractivity contribution >= 4 is 0 Å². The van der Waals surface area contributed by atoms with Gasteiger partial charge < -0.3 is 15.6 Å². The Labute approximate surface area is 128 Å². The van der Waals surface area contributed by atoms with Gasteiger partial charge in [-0.15, -0.1) is 0 Å². The van der Waals surface area contributed by atoms with Crippen molar-refractivity contribution in [3.8, 4) is 5.75 Å². The Kier molecular flexibility index (Phi) is 4.95. The summed E-state index contributed by atoms with van der Waals surface area (Å²) in [6, 6.07) is 8.34. The summed E-state index contributed by atoms with van der Waals surface area (Å²) in [5.74, 6) is 1.28. The van der Waals surface area contributed by atoms with Crippen LogP contribution in [-0.4, -0.2) is 23.9 Å². The van der Waals surface area contributed by atoms with Crippen LogP contribution in [0.3, 0.4) is 0 Å². The Morgan fingerprint density at radius 1 is 1.29 bits per heavy atom. The van der Waals surface area contributed by atoms with Gasteiger partial charge in [0, 0.05) is 5.54 Å². The minimum atomic E-state index is -0.389. The summed E-state index contributed by atoms with van der Waals surface area (Å²) in [7, 11) is 0. The predicted molar refractivity (Wildman–Crippen MR) is 86.6 cm³/mol. The van der Waals surface area contributed by atoms with Crippen LogP contribution >= 0.6 is 0 Å². The molecule has 0 aliphatic heterocycles. The Bertz CT molecular complexity index is 449. The second-order valence-electron chi connectivity index (χ2n) is 7.39. The molecule has 0 aromatic heterocycles. The van der Waals surface area contributed by atoms with Gasteiger partial charge in [-0.1, -0.05) is 39.3 Å². The second-order valence-corrected chi connectivity index (χ2v) is 7.39. The molecule has 0 bridgehead atoms. The Morgan fingerprint density at radius 2 is 1.95 bits per heavy atom. The van der Waals surface area contributed by atoms with Crippen LogP contribution < -0.4 is 10.5 Å². The highest BCUT2D eigenvalue weighted by atomic mass is 16.5. The molecule has 3 nitrogen and oxygen atoms in total. The third-order valence-electron chi connectivity index (χ3n) is 4.76. The molecule has 1 aliphatic rings. The number of hydrogen-bond acceptors (Lipinski definition) is 3. The SMILES string of the molecule is CC(C)(C)c1ccc(OCCC2CCCC2(N)CO)cc1. The minimum absolute atomic E-state index is 0.0813. The zero-order valence-electron chi connectivity index (χ0n) is 13.6. The predicted octanol–water partition coefficient (Wildman–Crippen LogP) is 3.24. The molecule has 2 unspecified atom stereocenters. The third kappa shape index (κ3) is 3.98. The van der Waals surface area contributed by atoms with E-state index in [1.165, 1.54) is 5.56 Å². The molecule has 0 spiro atoms. The smallest absolute Gasteiger partial charge is 0.119 e. The largest absolute Gasteiger partial charge is 0.494 e. The molecule has 3 N–H and O–H groups in total. The lowest BCUT2D eigenvalue weighted by Crippen LogP contribution is -2.47. The molecule has 0 heterocycles. The molecule has 2 atom stereocenters. The van der Waals surface area contributed by atoms with Crippen LogP contribution in [0.25, 0.3) is 0 Å². The number of hydrogen-bond donors (Lipinski definition) is 2. The maximum Gasteiger partial charge on any atom is 0.119 e. The first kappa shape index (κ1) is 16.3. The zero-order valence-corrected chi connectivity index (χ0v) is 13.6. The zero-order chi connectivity index (χ0) is 15.5. The minimum Gasteiger partial charge on any atom is -0.494 e. The van der Waals surface area contributed by atoms with Gasteiger partial charge in [0.2, 0.25) is 0 Å². The fraction of sp³-hybridized carbons (Fsp3) is 0.667. The number of benzene rings is 1. The highest BCUT2D eigenvalue weighted by molar-refractivity contribution is 5.31. The molecule has 0 radical (unpaired) electrons. The molecule has 118 valence electrons. The molecule has 1 aromatic carbocycles. The summed E-state index contributed by atoms with van der Waals surface area (Å²) in [6.07, 6.45) is 4.05. The average molecular weight is 291 g/mol. The van der Waals surface area contributed by atoms with Gasteiger partial charge in [0.1, 0.15) is 5.75 Å². The normalized spacial score (nSPS) is 26.0. The summed E-state index contributed by atoms with van der Waals surface area (Å²) in [4.78, 5) is 0. The highest BCUT2D eigenvalue weighted by Crippen LogP contribution is 2.35. The van der Waals surface area contributed by atoms with E-state index in [-0.39, 0.29) is 17.6 Å². The van der Waals surface area contributed by atoms with Crippen molar-refractivity contribution in [2.24, 2.45) is 11.7 Å². The van der Waals surface area contributed by atoms with E-state index < -0.39 is 0 Å². The number of aliphatic hydroxyl groups is 1. The summed E-state index contributed by atoms with van der Waals surface area (Å²) >= 11 is 0. The summed E-state index contributed by atoms with van der Waals surface area (Å²) in [6.45, 7) is 7.37. The van der Waals surface area contributed by atoms with Crippen LogP contribution in [0.5, 0.6) is 5.75 Å². The fourth-order valence-electron chi connectivity index (χ4n) is 3.18. The van der Waals surface area contributed by atoms with E-state index in [1.54, 1.807) is 0 Å². The standard InChI is InChI=1S/C18H29NO2/c1-17(2,3)14-6-8-16(9-7-14)21-12-10-15-5-4-11-18(15,19)13-20/h6-9,15,20H,4-5,10-13,19H2,1-3H3. The van der Waals surface area contributed by atoms with Crippen molar-refractivity contribution in [3.05, 3.63) is 29.8 Å². The molecular weight excluding hydrogens is 262 g/mol. The highest BCUT2D eigenvalue weighted by Gasteiger charge is 2.38. The molecule has 21 heavy (non-hydrogen) atoms. The van der Waals surface area contributed by atoms with Crippen LogP contribution in [0.4, 0.5) is 0 Å². The molecule has 1 aromatic rings. The third-order valence-corrected chi connectivity index (χ3v) is 4.76. The van der Waals surface area contributed by atoms with Crippen LogP contribution in [0, 0.1) is 5.92 Å². The van der Waals surface area contributed by atoms with Gasteiger partial charge in [-0.25, -0.2) is 0 Å².